The van der Waals surface area contributed by atoms with E-state index in [-0.39, 0.29) is 3.76 Å². The van der Waals surface area contributed by atoms with E-state index in [0.29, 0.717) is 4.90 Å². The molecule has 0 heterocycles. The highest BCUT2D eigenvalue weighted by molar-refractivity contribution is 7.91. The molecule has 0 aromatic heterocycles. The van der Waals surface area contributed by atoms with Crippen LogP contribution >= 0.6 is 0 Å². The Morgan fingerprint density at radius 3 is 1.64 bits per heavy atom. The van der Waals surface area contributed by atoms with Gasteiger partial charge in [0, 0.05) is 0 Å². The maximum Gasteiger partial charge on any atom is 0.485 e. The highest BCUT2D eigenvalue weighted by Gasteiger charge is 2.36. The first-order valence-corrected chi connectivity index (χ1v) is 12.0. The molecule has 0 fully saturated rings. The van der Waals surface area contributed by atoms with E-state index in [1.165, 1.54) is 0 Å². The number of rotatable bonds is 4. The lowest BCUT2D eigenvalue weighted by Crippen LogP contribution is -3.63. The Morgan fingerprint density at radius 2 is 1.24 bits per heavy atom. The molecular formula is C14H12F3IO5S2. The van der Waals surface area contributed by atoms with E-state index in [9.17, 15) is 21.6 Å². The second kappa shape index (κ2) is 8.96. The molecule has 0 aliphatic heterocycles. The van der Waals surface area contributed by atoms with Crippen LogP contribution in [0.4, 0.5) is 13.2 Å². The lowest BCUT2D eigenvalue weighted by Gasteiger charge is -2.08. The summed E-state index contributed by atoms with van der Waals surface area (Å²) in [6.45, 7) is 0. The van der Waals surface area contributed by atoms with Crippen LogP contribution in [0.1, 0.15) is 0 Å². The van der Waals surface area contributed by atoms with Gasteiger partial charge in [-0.3, -0.25) is 0 Å². The Bertz CT molecular complexity index is 868. The van der Waals surface area contributed by atoms with Crippen molar-refractivity contribution in [3.63, 3.8) is 0 Å². The summed E-state index contributed by atoms with van der Waals surface area (Å²) in [6, 6.07) is 18.5. The van der Waals surface area contributed by atoms with Gasteiger partial charge in [-0.05, 0) is 24.3 Å². The second-order valence-corrected chi connectivity index (χ2v) is 11.5. The quantitative estimate of drug-likeness (QED) is 0.239. The van der Waals surface area contributed by atoms with Crippen LogP contribution in [0.3, 0.4) is 0 Å². The Hall–Kier alpha value is -1.18. The summed E-state index contributed by atoms with van der Waals surface area (Å²) in [4.78, 5) is 0.427. The van der Waals surface area contributed by atoms with E-state index >= 15 is 0 Å². The van der Waals surface area contributed by atoms with Crippen molar-refractivity contribution in [3.8, 4) is 0 Å². The van der Waals surface area contributed by atoms with Crippen molar-refractivity contribution < 1.29 is 55.8 Å². The van der Waals surface area contributed by atoms with Crippen LogP contribution in [0.25, 0.3) is 0 Å². The van der Waals surface area contributed by atoms with Gasteiger partial charge in [-0.2, -0.15) is 13.2 Å². The van der Waals surface area contributed by atoms with Crippen LogP contribution in [0, 0.1) is 3.57 Å². The van der Waals surface area contributed by atoms with Gasteiger partial charge in [0.15, 0.2) is 13.7 Å². The first-order valence-electron chi connectivity index (χ1n) is 6.37. The van der Waals surface area contributed by atoms with Gasteiger partial charge in [0.1, 0.15) is 0 Å². The SMILES string of the molecule is O=S(=O)(C[I+]c1ccccc1)c1ccccc1.O=S(=O)([O-])C(F)(F)F. The average molecular weight is 508 g/mol. The number of hydrogen-bond donors (Lipinski definition) is 0. The van der Waals surface area contributed by atoms with Crippen LogP contribution in [0.15, 0.2) is 65.6 Å². The fourth-order valence-electron chi connectivity index (χ4n) is 1.33. The Morgan fingerprint density at radius 1 is 0.840 bits per heavy atom. The zero-order valence-corrected chi connectivity index (χ0v) is 16.1. The van der Waals surface area contributed by atoms with Gasteiger partial charge >= 0.3 is 26.7 Å². The molecule has 2 aromatic carbocycles. The summed E-state index contributed by atoms with van der Waals surface area (Å²) in [7, 11) is -9.20. The van der Waals surface area contributed by atoms with Crippen molar-refractivity contribution in [1.29, 1.82) is 0 Å². The van der Waals surface area contributed by atoms with E-state index < -0.39 is 46.7 Å². The van der Waals surface area contributed by atoms with E-state index in [1.54, 1.807) is 24.3 Å². The molecule has 0 saturated carbocycles. The molecule has 2 aromatic rings. The van der Waals surface area contributed by atoms with E-state index in [0.717, 1.165) is 3.57 Å². The highest BCUT2D eigenvalue weighted by Crippen LogP contribution is 2.20. The van der Waals surface area contributed by atoms with Crippen LogP contribution in [-0.4, -0.2) is 30.7 Å². The predicted molar refractivity (Wildman–Crippen MR) is 79.4 cm³/mol. The van der Waals surface area contributed by atoms with Crippen LogP contribution in [-0.2, 0) is 20.0 Å². The number of benzene rings is 2. The molecular weight excluding hydrogens is 496 g/mol. The van der Waals surface area contributed by atoms with E-state index in [2.05, 4.69) is 0 Å². The van der Waals surface area contributed by atoms with Crippen molar-refractivity contribution in [3.05, 3.63) is 64.2 Å². The summed E-state index contributed by atoms with van der Waals surface area (Å²) >= 11 is -0.477. The topological polar surface area (TPSA) is 91.3 Å². The molecule has 2 rings (SSSR count). The lowest BCUT2D eigenvalue weighted by atomic mass is 10.4. The van der Waals surface area contributed by atoms with Crippen molar-refractivity contribution in [2.45, 2.75) is 10.4 Å². The van der Waals surface area contributed by atoms with Crippen molar-refractivity contribution in [2.24, 2.45) is 0 Å². The molecule has 0 bridgehead atoms. The van der Waals surface area contributed by atoms with Gasteiger partial charge in [-0.15, -0.1) is 0 Å². The van der Waals surface area contributed by atoms with Gasteiger partial charge < -0.3 is 4.55 Å². The fourth-order valence-corrected chi connectivity index (χ4v) is 6.61. The maximum absolute atomic E-state index is 12.0. The predicted octanol–water partition coefficient (Wildman–Crippen LogP) is -0.572. The molecule has 0 amide bonds. The third-order valence-corrected chi connectivity index (χ3v) is 9.42. The van der Waals surface area contributed by atoms with Gasteiger partial charge in [0.25, 0.3) is 3.76 Å². The summed E-state index contributed by atoms with van der Waals surface area (Å²) in [5, 5.41) is 0. The molecule has 0 saturated heterocycles. The monoisotopic (exact) mass is 508 g/mol. The van der Waals surface area contributed by atoms with Gasteiger partial charge in [-0.25, -0.2) is 16.8 Å². The molecule has 0 N–H and O–H groups in total. The summed E-state index contributed by atoms with van der Waals surface area (Å²) < 4.78 is 84.4. The van der Waals surface area contributed by atoms with Crippen molar-refractivity contribution >= 4 is 20.0 Å². The molecule has 11 heteroatoms. The molecule has 138 valence electrons. The minimum absolute atomic E-state index is 0.264. The smallest absolute Gasteiger partial charge is 0.485 e. The van der Waals surface area contributed by atoms with Gasteiger partial charge in [-0.1, -0.05) is 36.4 Å². The molecule has 0 unspecified atom stereocenters. The molecule has 25 heavy (non-hydrogen) atoms. The summed E-state index contributed by atoms with van der Waals surface area (Å²) in [6.07, 6.45) is 0. The Balaban J connectivity index is 0.000000333. The first-order chi connectivity index (χ1) is 11.4. The average Bonchev–Trinajstić information content (AvgIpc) is 2.54. The normalized spacial score (nSPS) is 12.2. The zero-order valence-electron chi connectivity index (χ0n) is 12.4. The van der Waals surface area contributed by atoms with Crippen LogP contribution in [0.2, 0.25) is 0 Å². The molecule has 0 radical (unpaired) electrons. The third-order valence-electron chi connectivity index (χ3n) is 2.47. The summed E-state index contributed by atoms with van der Waals surface area (Å²) in [5.41, 5.74) is -5.65. The molecule has 0 spiro atoms. The minimum atomic E-state index is -6.09. The Kier molecular flexibility index (Phi) is 7.84. The van der Waals surface area contributed by atoms with Gasteiger partial charge in [0.2, 0.25) is 9.84 Å². The first kappa shape index (κ1) is 21.9. The molecule has 0 atom stereocenters. The summed E-state index contributed by atoms with van der Waals surface area (Å²) in [5.74, 6) is 0. The zero-order chi connectivity index (χ0) is 19.1. The standard InChI is InChI=1S/C13H12IO2S.CHF3O3S/c15-17(16,13-9-5-2-6-10-13)11-14-12-7-3-1-4-8-12;2-1(3,4)8(5,6)7/h1-10H,11H2;(H,5,6,7)/q+1;/p-1. The number of sulfone groups is 1. The number of halogens is 4. The maximum atomic E-state index is 12.0. The van der Waals surface area contributed by atoms with Crippen molar-refractivity contribution in [1.82, 2.24) is 0 Å². The van der Waals surface area contributed by atoms with Crippen LogP contribution in [0.5, 0.6) is 0 Å². The van der Waals surface area contributed by atoms with E-state index in [4.69, 9.17) is 13.0 Å². The fraction of sp³-hybridized carbons (Fsp3) is 0.143. The molecule has 0 aliphatic rings. The molecule has 0 aliphatic carbocycles. The second-order valence-electron chi connectivity index (χ2n) is 4.37. The third kappa shape index (κ3) is 7.71. The Labute approximate surface area is 153 Å². The van der Waals surface area contributed by atoms with Crippen LogP contribution < -0.4 is 21.2 Å². The highest BCUT2D eigenvalue weighted by atomic mass is 127. The largest absolute Gasteiger partial charge is 0.741 e. The number of hydrogen-bond acceptors (Lipinski definition) is 5. The molecule has 5 nitrogen and oxygen atoms in total. The van der Waals surface area contributed by atoms with E-state index in [1.807, 2.05) is 36.4 Å². The lowest BCUT2D eigenvalue weighted by molar-refractivity contribution is -0.608. The van der Waals surface area contributed by atoms with Gasteiger partial charge in [0.05, 0.1) is 4.90 Å². The number of alkyl halides is 4. The van der Waals surface area contributed by atoms with Crippen molar-refractivity contribution in [2.75, 3.05) is 3.76 Å². The minimum Gasteiger partial charge on any atom is -0.741 e.